The first kappa shape index (κ1) is 12.1. The number of anilines is 1. The summed E-state index contributed by atoms with van der Waals surface area (Å²) in [6.45, 7) is 0. The quantitative estimate of drug-likeness (QED) is 0.856. The number of nitrogens with one attached hydrogen (secondary N) is 1. The Morgan fingerprint density at radius 3 is 2.63 bits per heavy atom. The molecule has 0 aliphatic heterocycles. The van der Waals surface area contributed by atoms with Crippen LogP contribution >= 0.6 is 0 Å². The maximum Gasteiger partial charge on any atom is 0.149 e. The van der Waals surface area contributed by atoms with Gasteiger partial charge < -0.3 is 5.32 Å². The summed E-state index contributed by atoms with van der Waals surface area (Å²) in [5, 5.41) is 3.01. The molecule has 0 radical (unpaired) electrons. The van der Waals surface area contributed by atoms with Gasteiger partial charge in [-0.2, -0.15) is 0 Å². The monoisotopic (exact) mass is 263 g/mol. The predicted octanol–water partition coefficient (Wildman–Crippen LogP) is 4.20. The van der Waals surface area contributed by atoms with E-state index in [2.05, 4.69) is 5.32 Å². The van der Waals surface area contributed by atoms with E-state index in [4.69, 9.17) is 0 Å². The van der Waals surface area contributed by atoms with E-state index < -0.39 is 11.6 Å². The minimum Gasteiger partial charge on any atom is -0.376 e. The second-order valence-corrected chi connectivity index (χ2v) is 4.67. The fourth-order valence-corrected chi connectivity index (χ4v) is 2.55. The van der Waals surface area contributed by atoms with Crippen LogP contribution in [0.25, 0.3) is 0 Å². The van der Waals surface area contributed by atoms with Gasteiger partial charge >= 0.3 is 0 Å². The molecule has 98 valence electrons. The summed E-state index contributed by atoms with van der Waals surface area (Å²) in [4.78, 5) is 0. The predicted molar refractivity (Wildman–Crippen MR) is 67.4 cm³/mol. The second-order valence-electron chi connectivity index (χ2n) is 4.67. The fraction of sp³-hybridized carbons (Fsp3) is 0.200. The van der Waals surface area contributed by atoms with Crippen molar-refractivity contribution < 1.29 is 13.2 Å². The van der Waals surface area contributed by atoms with Gasteiger partial charge in [-0.1, -0.05) is 12.1 Å². The molecule has 1 aliphatic rings. The lowest BCUT2D eigenvalue weighted by molar-refractivity contribution is 0.582. The van der Waals surface area contributed by atoms with Gasteiger partial charge in [0.1, 0.15) is 17.5 Å². The molecule has 0 saturated carbocycles. The van der Waals surface area contributed by atoms with Gasteiger partial charge in [-0.05, 0) is 42.2 Å². The van der Waals surface area contributed by atoms with E-state index in [1.165, 1.54) is 18.2 Å². The molecule has 3 rings (SSSR count). The number of fused-ring (bicyclic) bond motifs is 1. The van der Waals surface area contributed by atoms with Crippen molar-refractivity contribution in [3.05, 3.63) is 65.0 Å². The van der Waals surface area contributed by atoms with E-state index in [0.717, 1.165) is 11.6 Å². The first-order valence-corrected chi connectivity index (χ1v) is 6.14. The number of benzene rings is 2. The van der Waals surface area contributed by atoms with Gasteiger partial charge in [-0.25, -0.2) is 13.2 Å². The molecule has 1 atom stereocenters. The SMILES string of the molecule is Fc1ccc(NC2CCc3c(F)cccc32)c(F)c1. The van der Waals surface area contributed by atoms with E-state index in [1.807, 2.05) is 6.07 Å². The zero-order valence-electron chi connectivity index (χ0n) is 10.1. The van der Waals surface area contributed by atoms with Gasteiger partial charge in [0.15, 0.2) is 0 Å². The Balaban J connectivity index is 1.89. The van der Waals surface area contributed by atoms with E-state index >= 15 is 0 Å². The van der Waals surface area contributed by atoms with E-state index in [9.17, 15) is 13.2 Å². The summed E-state index contributed by atoms with van der Waals surface area (Å²) in [5.74, 6) is -1.47. The van der Waals surface area contributed by atoms with E-state index in [-0.39, 0.29) is 17.5 Å². The van der Waals surface area contributed by atoms with Crippen LogP contribution in [-0.2, 0) is 6.42 Å². The molecule has 2 aromatic rings. The van der Waals surface area contributed by atoms with Crippen LogP contribution in [0.2, 0.25) is 0 Å². The van der Waals surface area contributed by atoms with Crippen LogP contribution in [0.4, 0.5) is 18.9 Å². The first-order chi connectivity index (χ1) is 9.15. The van der Waals surface area contributed by atoms with E-state index in [0.29, 0.717) is 18.4 Å². The molecular formula is C15H12F3N. The molecule has 0 aromatic heterocycles. The zero-order valence-corrected chi connectivity index (χ0v) is 10.1. The topological polar surface area (TPSA) is 12.0 Å². The molecule has 0 amide bonds. The Bertz CT molecular complexity index is 625. The highest BCUT2D eigenvalue weighted by molar-refractivity contribution is 5.49. The molecule has 2 aromatic carbocycles. The Morgan fingerprint density at radius 1 is 1.00 bits per heavy atom. The third-order valence-corrected chi connectivity index (χ3v) is 3.47. The molecule has 19 heavy (non-hydrogen) atoms. The molecule has 0 spiro atoms. The van der Waals surface area contributed by atoms with Crippen molar-refractivity contribution in [1.29, 1.82) is 0 Å². The summed E-state index contributed by atoms with van der Waals surface area (Å²) < 4.78 is 40.0. The molecular weight excluding hydrogens is 251 g/mol. The highest BCUT2D eigenvalue weighted by atomic mass is 19.1. The number of halogens is 3. The molecule has 1 unspecified atom stereocenters. The summed E-state index contributed by atoms with van der Waals surface area (Å²) in [6, 6.07) is 8.18. The fourth-order valence-electron chi connectivity index (χ4n) is 2.55. The van der Waals surface area contributed by atoms with Gasteiger partial charge in [-0.15, -0.1) is 0 Å². The van der Waals surface area contributed by atoms with Crippen LogP contribution < -0.4 is 5.32 Å². The molecule has 1 N–H and O–H groups in total. The zero-order chi connectivity index (χ0) is 13.4. The van der Waals surface area contributed by atoms with Gasteiger partial charge in [0, 0.05) is 6.07 Å². The standard InChI is InChI=1S/C15H12F3N/c16-9-4-6-15(13(18)8-9)19-14-7-5-10-11(14)2-1-3-12(10)17/h1-4,6,8,14,19H,5,7H2. The van der Waals surface area contributed by atoms with Crippen molar-refractivity contribution >= 4 is 5.69 Å². The molecule has 4 heteroatoms. The Kier molecular flexibility index (Phi) is 2.93. The Labute approximate surface area is 109 Å². The summed E-state index contributed by atoms with van der Waals surface area (Å²) in [7, 11) is 0. The molecule has 0 saturated heterocycles. The molecule has 1 nitrogen and oxygen atoms in total. The van der Waals surface area contributed by atoms with Crippen molar-refractivity contribution in [3.8, 4) is 0 Å². The number of hydrogen-bond donors (Lipinski definition) is 1. The number of hydrogen-bond acceptors (Lipinski definition) is 1. The maximum atomic E-state index is 13.6. The molecule has 1 aliphatic carbocycles. The second kappa shape index (κ2) is 4.61. The van der Waals surface area contributed by atoms with Crippen molar-refractivity contribution in [2.45, 2.75) is 18.9 Å². The minimum atomic E-state index is -0.634. The normalized spacial score (nSPS) is 17.3. The minimum absolute atomic E-state index is 0.134. The number of rotatable bonds is 2. The lowest BCUT2D eigenvalue weighted by Crippen LogP contribution is -2.08. The van der Waals surface area contributed by atoms with Crippen molar-refractivity contribution in [2.75, 3.05) is 5.32 Å². The Morgan fingerprint density at radius 2 is 1.84 bits per heavy atom. The summed E-state index contributed by atoms with van der Waals surface area (Å²) in [6.07, 6.45) is 1.33. The van der Waals surface area contributed by atoms with Gasteiger partial charge in [0.05, 0.1) is 11.7 Å². The summed E-state index contributed by atoms with van der Waals surface area (Å²) >= 11 is 0. The van der Waals surface area contributed by atoms with Gasteiger partial charge in [0.2, 0.25) is 0 Å². The van der Waals surface area contributed by atoms with Crippen LogP contribution in [0.1, 0.15) is 23.6 Å². The van der Waals surface area contributed by atoms with Crippen LogP contribution in [0.5, 0.6) is 0 Å². The largest absolute Gasteiger partial charge is 0.376 e. The highest BCUT2D eigenvalue weighted by Gasteiger charge is 2.25. The van der Waals surface area contributed by atoms with E-state index in [1.54, 1.807) is 6.07 Å². The third-order valence-electron chi connectivity index (χ3n) is 3.47. The van der Waals surface area contributed by atoms with Crippen LogP contribution in [0, 0.1) is 17.5 Å². The van der Waals surface area contributed by atoms with Crippen LogP contribution in [-0.4, -0.2) is 0 Å². The van der Waals surface area contributed by atoms with Crippen LogP contribution in [0.15, 0.2) is 36.4 Å². The first-order valence-electron chi connectivity index (χ1n) is 6.14. The lowest BCUT2D eigenvalue weighted by Gasteiger charge is -2.16. The lowest BCUT2D eigenvalue weighted by atomic mass is 10.1. The highest BCUT2D eigenvalue weighted by Crippen LogP contribution is 2.35. The van der Waals surface area contributed by atoms with Crippen molar-refractivity contribution in [2.24, 2.45) is 0 Å². The third kappa shape index (κ3) is 2.18. The molecule has 0 bridgehead atoms. The van der Waals surface area contributed by atoms with Crippen LogP contribution in [0.3, 0.4) is 0 Å². The molecule has 0 heterocycles. The maximum absolute atomic E-state index is 13.6. The average molecular weight is 263 g/mol. The molecule has 0 fully saturated rings. The van der Waals surface area contributed by atoms with Gasteiger partial charge in [0.25, 0.3) is 0 Å². The Hall–Kier alpha value is -1.97. The smallest absolute Gasteiger partial charge is 0.149 e. The van der Waals surface area contributed by atoms with Gasteiger partial charge in [-0.3, -0.25) is 0 Å². The summed E-state index contributed by atoms with van der Waals surface area (Å²) in [5.41, 5.74) is 1.77. The van der Waals surface area contributed by atoms with Crippen molar-refractivity contribution in [1.82, 2.24) is 0 Å². The average Bonchev–Trinajstić information content (AvgIpc) is 2.78. The van der Waals surface area contributed by atoms with Crippen molar-refractivity contribution in [3.63, 3.8) is 0 Å².